The Balaban J connectivity index is 1.74. The van der Waals surface area contributed by atoms with E-state index in [0.717, 1.165) is 15.7 Å². The molecule has 5 nitrogen and oxygen atoms in total. The summed E-state index contributed by atoms with van der Waals surface area (Å²) in [5, 5.41) is 8.51. The standard InChI is InChI=1S/C21H12BrCl3N4O/c22-13-3-8-16(9-4-13)29-20(12-1-5-14(23)6-2-12)27-19(28-29)21(30)26-15-7-10-17(24)18(25)11-15/h1-11H,(H,26,30). The second-order valence-electron chi connectivity index (χ2n) is 6.24. The van der Waals surface area contributed by atoms with Crippen molar-refractivity contribution in [3.8, 4) is 17.1 Å². The van der Waals surface area contributed by atoms with E-state index in [9.17, 15) is 4.79 Å². The van der Waals surface area contributed by atoms with Gasteiger partial charge in [0.05, 0.1) is 15.7 Å². The van der Waals surface area contributed by atoms with Crippen molar-refractivity contribution >= 4 is 62.3 Å². The summed E-state index contributed by atoms with van der Waals surface area (Å²) in [5.41, 5.74) is 2.01. The summed E-state index contributed by atoms with van der Waals surface area (Å²) in [6, 6.07) is 19.5. The number of halogens is 4. The minimum Gasteiger partial charge on any atom is -0.319 e. The lowest BCUT2D eigenvalue weighted by Gasteiger charge is -2.06. The van der Waals surface area contributed by atoms with Gasteiger partial charge in [-0.15, -0.1) is 5.10 Å². The normalized spacial score (nSPS) is 10.8. The molecule has 4 rings (SSSR count). The van der Waals surface area contributed by atoms with Crippen LogP contribution < -0.4 is 5.32 Å². The number of carbonyl (C=O) groups is 1. The molecule has 0 saturated heterocycles. The van der Waals surface area contributed by atoms with Gasteiger partial charge in [-0.3, -0.25) is 4.79 Å². The van der Waals surface area contributed by atoms with E-state index in [1.807, 2.05) is 36.4 Å². The van der Waals surface area contributed by atoms with E-state index in [4.69, 9.17) is 34.8 Å². The third-order valence-corrected chi connectivity index (χ3v) is 5.68. The maximum absolute atomic E-state index is 12.8. The molecule has 1 heterocycles. The molecule has 30 heavy (non-hydrogen) atoms. The van der Waals surface area contributed by atoms with Crippen LogP contribution in [0.4, 0.5) is 5.69 Å². The highest BCUT2D eigenvalue weighted by Crippen LogP contribution is 2.26. The molecule has 1 amide bonds. The van der Waals surface area contributed by atoms with Crippen molar-refractivity contribution < 1.29 is 4.79 Å². The molecule has 0 saturated carbocycles. The fourth-order valence-corrected chi connectivity index (χ4v) is 3.41. The van der Waals surface area contributed by atoms with Gasteiger partial charge < -0.3 is 5.32 Å². The number of amides is 1. The fourth-order valence-electron chi connectivity index (χ4n) is 2.72. The SMILES string of the molecule is O=C(Nc1ccc(Cl)c(Cl)c1)c1nc(-c2ccc(Cl)cc2)n(-c2ccc(Br)cc2)n1. The lowest BCUT2D eigenvalue weighted by Crippen LogP contribution is -2.14. The van der Waals surface area contributed by atoms with E-state index in [1.54, 1.807) is 35.0 Å². The van der Waals surface area contributed by atoms with Gasteiger partial charge in [-0.25, -0.2) is 9.67 Å². The Morgan fingerprint density at radius 2 is 1.60 bits per heavy atom. The van der Waals surface area contributed by atoms with Gasteiger partial charge in [0.1, 0.15) is 0 Å². The van der Waals surface area contributed by atoms with Crippen LogP contribution in [0.3, 0.4) is 0 Å². The molecule has 0 aliphatic heterocycles. The molecular weight excluding hydrogens is 511 g/mol. The Kier molecular flexibility index (Phi) is 6.11. The molecule has 0 fully saturated rings. The van der Waals surface area contributed by atoms with Crippen molar-refractivity contribution in [1.29, 1.82) is 0 Å². The van der Waals surface area contributed by atoms with Gasteiger partial charge >= 0.3 is 0 Å². The molecular formula is C21H12BrCl3N4O. The average molecular weight is 523 g/mol. The molecule has 1 N–H and O–H groups in total. The first-order valence-electron chi connectivity index (χ1n) is 8.66. The van der Waals surface area contributed by atoms with E-state index in [-0.39, 0.29) is 5.82 Å². The zero-order valence-corrected chi connectivity index (χ0v) is 19.0. The highest BCUT2D eigenvalue weighted by molar-refractivity contribution is 9.10. The summed E-state index contributed by atoms with van der Waals surface area (Å²) in [6.07, 6.45) is 0. The monoisotopic (exact) mass is 520 g/mol. The molecule has 0 spiro atoms. The predicted octanol–water partition coefficient (Wildman–Crippen LogP) is 6.91. The molecule has 0 atom stereocenters. The minimum atomic E-state index is -0.473. The lowest BCUT2D eigenvalue weighted by molar-refractivity contribution is 0.101. The first-order valence-corrected chi connectivity index (χ1v) is 10.6. The van der Waals surface area contributed by atoms with Crippen molar-refractivity contribution in [2.45, 2.75) is 0 Å². The van der Waals surface area contributed by atoms with Gasteiger partial charge in [0.2, 0.25) is 5.82 Å². The first-order chi connectivity index (χ1) is 14.4. The van der Waals surface area contributed by atoms with E-state index < -0.39 is 5.91 Å². The van der Waals surface area contributed by atoms with E-state index >= 15 is 0 Å². The molecule has 4 aromatic rings. The highest BCUT2D eigenvalue weighted by atomic mass is 79.9. The van der Waals surface area contributed by atoms with Crippen LogP contribution in [-0.2, 0) is 0 Å². The van der Waals surface area contributed by atoms with Gasteiger partial charge in [0.15, 0.2) is 5.82 Å². The molecule has 0 bridgehead atoms. The molecule has 0 aliphatic carbocycles. The highest BCUT2D eigenvalue weighted by Gasteiger charge is 2.19. The topological polar surface area (TPSA) is 59.8 Å². The smallest absolute Gasteiger partial charge is 0.295 e. The quantitative estimate of drug-likeness (QED) is 0.317. The zero-order valence-electron chi connectivity index (χ0n) is 15.1. The molecule has 0 aliphatic rings. The van der Waals surface area contributed by atoms with E-state index in [2.05, 4.69) is 31.3 Å². The van der Waals surface area contributed by atoms with Crippen LogP contribution in [0.1, 0.15) is 10.6 Å². The van der Waals surface area contributed by atoms with Crippen molar-refractivity contribution in [2.75, 3.05) is 5.32 Å². The second kappa shape index (κ2) is 8.78. The van der Waals surface area contributed by atoms with Crippen LogP contribution in [0.5, 0.6) is 0 Å². The number of nitrogens with one attached hydrogen (secondary N) is 1. The molecule has 0 radical (unpaired) electrons. The summed E-state index contributed by atoms with van der Waals surface area (Å²) < 4.78 is 2.54. The van der Waals surface area contributed by atoms with Gasteiger partial charge in [0.25, 0.3) is 5.91 Å². The maximum Gasteiger partial charge on any atom is 0.295 e. The van der Waals surface area contributed by atoms with Crippen LogP contribution >= 0.6 is 50.7 Å². The second-order valence-corrected chi connectivity index (χ2v) is 8.40. The number of aromatic nitrogens is 3. The van der Waals surface area contributed by atoms with Gasteiger partial charge in [-0.2, -0.15) is 0 Å². The number of carbonyl (C=O) groups excluding carboxylic acids is 1. The molecule has 9 heteroatoms. The number of hydrogen-bond acceptors (Lipinski definition) is 3. The molecule has 1 aromatic heterocycles. The lowest BCUT2D eigenvalue weighted by atomic mass is 10.2. The van der Waals surface area contributed by atoms with Crippen molar-refractivity contribution in [3.63, 3.8) is 0 Å². The summed E-state index contributed by atoms with van der Waals surface area (Å²) in [7, 11) is 0. The summed E-state index contributed by atoms with van der Waals surface area (Å²) in [4.78, 5) is 17.3. The van der Waals surface area contributed by atoms with Crippen LogP contribution in [0.25, 0.3) is 17.1 Å². The molecule has 150 valence electrons. The van der Waals surface area contributed by atoms with Crippen LogP contribution in [0, 0.1) is 0 Å². The van der Waals surface area contributed by atoms with E-state index in [1.165, 1.54) is 0 Å². The molecule has 0 unspecified atom stereocenters. The van der Waals surface area contributed by atoms with Crippen LogP contribution in [0.15, 0.2) is 71.2 Å². The third-order valence-electron chi connectivity index (χ3n) is 4.16. The third kappa shape index (κ3) is 4.52. The average Bonchev–Trinajstić information content (AvgIpc) is 3.17. The Morgan fingerprint density at radius 3 is 2.27 bits per heavy atom. The zero-order chi connectivity index (χ0) is 21.3. The number of benzene rings is 3. The number of nitrogens with zero attached hydrogens (tertiary/aromatic N) is 3. The number of anilines is 1. The van der Waals surface area contributed by atoms with Gasteiger partial charge in [0, 0.05) is 20.7 Å². The van der Waals surface area contributed by atoms with Crippen LogP contribution in [-0.4, -0.2) is 20.7 Å². The minimum absolute atomic E-state index is 0.00828. The Hall–Kier alpha value is -2.38. The summed E-state index contributed by atoms with van der Waals surface area (Å²) >= 11 is 21.4. The Bertz CT molecular complexity index is 1160. The van der Waals surface area contributed by atoms with Gasteiger partial charge in [-0.1, -0.05) is 50.7 Å². The summed E-state index contributed by atoms with van der Waals surface area (Å²) in [5.74, 6) is 0.0432. The number of hydrogen-bond donors (Lipinski definition) is 1. The first kappa shape index (κ1) is 20.9. The maximum atomic E-state index is 12.8. The predicted molar refractivity (Wildman–Crippen MR) is 124 cm³/mol. The summed E-state index contributed by atoms with van der Waals surface area (Å²) in [6.45, 7) is 0. The Morgan fingerprint density at radius 1 is 0.900 bits per heavy atom. The largest absolute Gasteiger partial charge is 0.319 e. The van der Waals surface area contributed by atoms with E-state index in [0.29, 0.717) is 26.6 Å². The van der Waals surface area contributed by atoms with Gasteiger partial charge in [-0.05, 0) is 66.7 Å². The molecule has 3 aromatic carbocycles. The fraction of sp³-hybridized carbons (Fsp3) is 0. The van der Waals surface area contributed by atoms with Crippen LogP contribution in [0.2, 0.25) is 15.1 Å². The van der Waals surface area contributed by atoms with Crippen molar-refractivity contribution in [3.05, 3.63) is 92.1 Å². The van der Waals surface area contributed by atoms with Crippen molar-refractivity contribution in [1.82, 2.24) is 14.8 Å². The Labute approximate surface area is 195 Å². The number of rotatable bonds is 4. The van der Waals surface area contributed by atoms with Crippen molar-refractivity contribution in [2.24, 2.45) is 0 Å².